The van der Waals surface area contributed by atoms with Crippen LogP contribution in [0.4, 0.5) is 5.69 Å². The lowest BCUT2D eigenvalue weighted by Gasteiger charge is -2.06. The van der Waals surface area contributed by atoms with Gasteiger partial charge in [-0.25, -0.2) is 9.97 Å². The van der Waals surface area contributed by atoms with Crippen LogP contribution >= 0.6 is 22.9 Å². The fourth-order valence-corrected chi connectivity index (χ4v) is 3.52. The number of nitrogens with zero attached hydrogens (tertiary/aromatic N) is 3. The van der Waals surface area contributed by atoms with Crippen LogP contribution < -0.4 is 5.32 Å². The third-order valence-electron chi connectivity index (χ3n) is 3.37. The van der Waals surface area contributed by atoms with Crippen LogP contribution in [0.15, 0.2) is 48.8 Å². The van der Waals surface area contributed by atoms with E-state index >= 15 is 0 Å². The van der Waals surface area contributed by atoms with Gasteiger partial charge in [0.05, 0.1) is 15.2 Å². The molecular weight excluding hydrogens is 346 g/mol. The van der Waals surface area contributed by atoms with Crippen molar-refractivity contribution in [1.29, 1.82) is 0 Å². The molecule has 0 saturated carbocycles. The Hall–Kier alpha value is -2.77. The Morgan fingerprint density at radius 2 is 2.08 bits per heavy atom. The number of hydrogen-bond donors (Lipinski definition) is 2. The van der Waals surface area contributed by atoms with Crippen molar-refractivity contribution < 1.29 is 4.79 Å². The molecule has 2 aromatic carbocycles. The minimum atomic E-state index is -0.395. The zero-order valence-electron chi connectivity index (χ0n) is 12.2. The van der Waals surface area contributed by atoms with E-state index in [4.69, 9.17) is 11.6 Å². The van der Waals surface area contributed by atoms with Gasteiger partial charge >= 0.3 is 0 Å². The monoisotopic (exact) mass is 355 g/mol. The summed E-state index contributed by atoms with van der Waals surface area (Å²) >= 11 is 7.87. The number of thiazole rings is 1. The summed E-state index contributed by atoms with van der Waals surface area (Å²) in [6, 6.07) is 13.1. The summed E-state index contributed by atoms with van der Waals surface area (Å²) in [4.78, 5) is 20.5. The minimum absolute atomic E-state index is 0.0755. The molecule has 0 unspecified atom stereocenters. The number of nitrogens with one attached hydrogen (secondary N) is 2. The Morgan fingerprint density at radius 1 is 1.21 bits per heavy atom. The molecule has 4 aromatic rings. The van der Waals surface area contributed by atoms with Crippen LogP contribution in [0.1, 0.15) is 10.6 Å². The largest absolute Gasteiger partial charge is 0.319 e. The highest BCUT2D eigenvalue weighted by Gasteiger charge is 2.13. The van der Waals surface area contributed by atoms with Crippen molar-refractivity contribution in [2.24, 2.45) is 0 Å². The SMILES string of the molecule is O=C(Nc1ccc(Cl)c(-c2nc3ccccc3s2)c1)c1nc[nH]n1. The number of H-pyrrole nitrogens is 1. The number of amides is 1. The van der Waals surface area contributed by atoms with Gasteiger partial charge in [0.25, 0.3) is 5.91 Å². The topological polar surface area (TPSA) is 83.6 Å². The van der Waals surface area contributed by atoms with E-state index in [1.165, 1.54) is 6.33 Å². The molecule has 24 heavy (non-hydrogen) atoms. The van der Waals surface area contributed by atoms with Crippen LogP contribution in [-0.2, 0) is 0 Å². The number of carbonyl (C=O) groups excluding carboxylic acids is 1. The van der Waals surface area contributed by atoms with Gasteiger partial charge in [0.15, 0.2) is 0 Å². The molecular formula is C16H10ClN5OS. The number of para-hydroxylation sites is 1. The number of rotatable bonds is 3. The summed E-state index contributed by atoms with van der Waals surface area (Å²) in [5.74, 6) is -0.319. The standard InChI is InChI=1S/C16H10ClN5OS/c17-11-6-5-9(20-15(23)14-18-8-19-22-14)7-10(11)16-21-12-3-1-2-4-13(12)24-16/h1-8H,(H,20,23)(H,18,19,22). The Labute approximate surface area is 145 Å². The molecule has 6 nitrogen and oxygen atoms in total. The molecule has 2 N–H and O–H groups in total. The fraction of sp³-hybridized carbons (Fsp3) is 0. The molecule has 2 aromatic heterocycles. The maximum Gasteiger partial charge on any atom is 0.295 e. The molecule has 0 bridgehead atoms. The number of halogens is 1. The average Bonchev–Trinajstić information content (AvgIpc) is 3.25. The van der Waals surface area contributed by atoms with Crippen LogP contribution in [0.5, 0.6) is 0 Å². The number of anilines is 1. The molecule has 0 atom stereocenters. The first-order chi connectivity index (χ1) is 11.7. The van der Waals surface area contributed by atoms with Crippen LogP contribution in [0, 0.1) is 0 Å². The van der Waals surface area contributed by atoms with E-state index in [1.807, 2.05) is 24.3 Å². The van der Waals surface area contributed by atoms with Crippen molar-refractivity contribution in [2.75, 3.05) is 5.32 Å². The van der Waals surface area contributed by atoms with Gasteiger partial charge in [0, 0.05) is 11.3 Å². The van der Waals surface area contributed by atoms with Crippen molar-refractivity contribution in [3.63, 3.8) is 0 Å². The minimum Gasteiger partial charge on any atom is -0.319 e. The molecule has 0 aliphatic heterocycles. The number of hydrogen-bond acceptors (Lipinski definition) is 5. The van der Waals surface area contributed by atoms with Gasteiger partial charge in [-0.15, -0.1) is 16.4 Å². The maximum atomic E-state index is 12.0. The Morgan fingerprint density at radius 3 is 2.88 bits per heavy atom. The van der Waals surface area contributed by atoms with Crippen LogP contribution in [0.3, 0.4) is 0 Å². The number of carbonyl (C=O) groups is 1. The fourth-order valence-electron chi connectivity index (χ4n) is 2.26. The van der Waals surface area contributed by atoms with E-state index in [2.05, 4.69) is 25.5 Å². The second-order valence-corrected chi connectivity index (χ2v) is 6.40. The molecule has 2 heterocycles. The summed E-state index contributed by atoms with van der Waals surface area (Å²) < 4.78 is 1.08. The molecule has 1 amide bonds. The predicted octanol–water partition coefficient (Wildman–Crippen LogP) is 3.99. The quantitative estimate of drug-likeness (QED) is 0.582. The summed E-state index contributed by atoms with van der Waals surface area (Å²) in [7, 11) is 0. The smallest absolute Gasteiger partial charge is 0.295 e. The maximum absolute atomic E-state index is 12.0. The molecule has 0 aliphatic rings. The molecule has 0 radical (unpaired) electrons. The van der Waals surface area contributed by atoms with Crippen LogP contribution in [0.2, 0.25) is 5.02 Å². The third-order valence-corrected chi connectivity index (χ3v) is 4.77. The molecule has 0 fully saturated rings. The zero-order valence-corrected chi connectivity index (χ0v) is 13.7. The zero-order chi connectivity index (χ0) is 16.5. The Balaban J connectivity index is 1.69. The second-order valence-electron chi connectivity index (χ2n) is 4.96. The number of fused-ring (bicyclic) bond motifs is 1. The van der Waals surface area contributed by atoms with Crippen molar-refractivity contribution in [2.45, 2.75) is 0 Å². The molecule has 0 aliphatic carbocycles. The highest BCUT2D eigenvalue weighted by molar-refractivity contribution is 7.21. The van der Waals surface area contributed by atoms with E-state index in [0.717, 1.165) is 20.8 Å². The summed E-state index contributed by atoms with van der Waals surface area (Å²) in [5.41, 5.74) is 2.29. The van der Waals surface area contributed by atoms with E-state index in [-0.39, 0.29) is 5.82 Å². The number of aromatic nitrogens is 4. The van der Waals surface area contributed by atoms with Gasteiger partial charge in [0.2, 0.25) is 5.82 Å². The first-order valence-corrected chi connectivity index (χ1v) is 8.23. The van der Waals surface area contributed by atoms with E-state index in [9.17, 15) is 4.79 Å². The predicted molar refractivity (Wildman–Crippen MR) is 94.4 cm³/mol. The summed E-state index contributed by atoms with van der Waals surface area (Å²) in [5, 5.41) is 10.4. The summed E-state index contributed by atoms with van der Waals surface area (Å²) in [6.07, 6.45) is 1.35. The Bertz CT molecular complexity index is 995. The van der Waals surface area contributed by atoms with Gasteiger partial charge in [-0.3, -0.25) is 9.89 Å². The highest BCUT2D eigenvalue weighted by Crippen LogP contribution is 2.35. The van der Waals surface area contributed by atoms with Crippen molar-refractivity contribution in [1.82, 2.24) is 20.2 Å². The second kappa shape index (κ2) is 6.03. The molecule has 8 heteroatoms. The number of benzene rings is 2. The van der Waals surface area contributed by atoms with Crippen LogP contribution in [-0.4, -0.2) is 26.1 Å². The van der Waals surface area contributed by atoms with Crippen molar-refractivity contribution >= 4 is 44.7 Å². The lowest BCUT2D eigenvalue weighted by molar-refractivity contribution is 0.101. The summed E-state index contributed by atoms with van der Waals surface area (Å²) in [6.45, 7) is 0. The normalized spacial score (nSPS) is 10.9. The first-order valence-electron chi connectivity index (χ1n) is 7.03. The lowest BCUT2D eigenvalue weighted by atomic mass is 10.2. The van der Waals surface area contributed by atoms with Crippen LogP contribution in [0.25, 0.3) is 20.8 Å². The van der Waals surface area contributed by atoms with Gasteiger partial charge in [-0.2, -0.15) is 0 Å². The molecule has 118 valence electrons. The van der Waals surface area contributed by atoms with Gasteiger partial charge in [0.1, 0.15) is 11.3 Å². The van der Waals surface area contributed by atoms with Crippen molar-refractivity contribution in [3.8, 4) is 10.6 Å². The highest BCUT2D eigenvalue weighted by atomic mass is 35.5. The van der Waals surface area contributed by atoms with Crippen molar-refractivity contribution in [3.05, 3.63) is 59.6 Å². The van der Waals surface area contributed by atoms with Gasteiger partial charge in [-0.05, 0) is 30.3 Å². The lowest BCUT2D eigenvalue weighted by Crippen LogP contribution is -2.13. The van der Waals surface area contributed by atoms with Gasteiger partial charge in [-0.1, -0.05) is 23.7 Å². The molecule has 4 rings (SSSR count). The Kier molecular flexibility index (Phi) is 3.72. The third kappa shape index (κ3) is 2.75. The van der Waals surface area contributed by atoms with E-state index in [1.54, 1.807) is 29.5 Å². The molecule has 0 spiro atoms. The average molecular weight is 356 g/mol. The molecule has 0 saturated heterocycles. The number of aromatic amines is 1. The van der Waals surface area contributed by atoms with E-state index < -0.39 is 5.91 Å². The van der Waals surface area contributed by atoms with E-state index in [0.29, 0.717) is 10.7 Å². The van der Waals surface area contributed by atoms with Gasteiger partial charge < -0.3 is 5.32 Å². The first kappa shape index (κ1) is 14.8.